The molecule has 2 rings (SSSR count). The summed E-state index contributed by atoms with van der Waals surface area (Å²) in [6, 6.07) is 6.21. The maximum atomic E-state index is 12.5. The van der Waals surface area contributed by atoms with Crippen molar-refractivity contribution >= 4 is 18.1 Å². The van der Waals surface area contributed by atoms with Crippen LogP contribution in [0, 0.1) is 5.92 Å². The van der Waals surface area contributed by atoms with Gasteiger partial charge in [0.1, 0.15) is 11.4 Å². The van der Waals surface area contributed by atoms with Gasteiger partial charge in [-0.05, 0) is 58.6 Å². The van der Waals surface area contributed by atoms with Crippen LogP contribution in [0.3, 0.4) is 0 Å². The molecule has 0 spiro atoms. The lowest BCUT2D eigenvalue weighted by molar-refractivity contribution is -0.118. The first kappa shape index (κ1) is 22.6. The van der Waals surface area contributed by atoms with Crippen LogP contribution in [0.15, 0.2) is 30.3 Å². The normalized spacial score (nSPS) is 16.4. The number of amides is 2. The van der Waals surface area contributed by atoms with Crippen molar-refractivity contribution in [3.8, 4) is 5.75 Å². The van der Waals surface area contributed by atoms with E-state index in [-0.39, 0.29) is 18.2 Å². The molecule has 1 aromatic rings. The first-order valence-electron chi connectivity index (χ1n) is 9.49. The SMILES string of the molecule is CC(C)(C)OC(=O)NCC(C)(NC(=O)C=Cc1ccccc1OC(F)F)C1CC1. The molecule has 0 aromatic heterocycles. The number of halogens is 2. The summed E-state index contributed by atoms with van der Waals surface area (Å²) in [7, 11) is 0. The van der Waals surface area contributed by atoms with E-state index in [9.17, 15) is 18.4 Å². The summed E-state index contributed by atoms with van der Waals surface area (Å²) >= 11 is 0. The summed E-state index contributed by atoms with van der Waals surface area (Å²) in [5, 5.41) is 5.63. The topological polar surface area (TPSA) is 76.7 Å². The fourth-order valence-corrected chi connectivity index (χ4v) is 2.89. The van der Waals surface area contributed by atoms with E-state index in [2.05, 4.69) is 15.4 Å². The molecule has 160 valence electrons. The molecule has 0 bridgehead atoms. The van der Waals surface area contributed by atoms with Gasteiger partial charge < -0.3 is 20.1 Å². The van der Waals surface area contributed by atoms with Gasteiger partial charge in [0.25, 0.3) is 0 Å². The molecular weight excluding hydrogens is 382 g/mol. The number of hydrogen-bond acceptors (Lipinski definition) is 4. The second-order valence-electron chi connectivity index (χ2n) is 8.29. The van der Waals surface area contributed by atoms with Crippen LogP contribution in [0.1, 0.15) is 46.1 Å². The Kier molecular flexibility index (Phi) is 7.21. The van der Waals surface area contributed by atoms with Crippen molar-refractivity contribution in [1.82, 2.24) is 10.6 Å². The van der Waals surface area contributed by atoms with E-state index >= 15 is 0 Å². The number of alkyl carbamates (subject to hydrolysis) is 1. The summed E-state index contributed by atoms with van der Waals surface area (Å²) < 4.78 is 34.7. The Balaban J connectivity index is 1.99. The van der Waals surface area contributed by atoms with Crippen molar-refractivity contribution in [3.63, 3.8) is 0 Å². The highest BCUT2D eigenvalue weighted by Crippen LogP contribution is 2.39. The molecule has 1 atom stereocenters. The average Bonchev–Trinajstić information content (AvgIpc) is 3.43. The van der Waals surface area contributed by atoms with E-state index in [1.54, 1.807) is 39.0 Å². The van der Waals surface area contributed by atoms with E-state index in [4.69, 9.17) is 4.74 Å². The Morgan fingerprint density at radius 3 is 2.45 bits per heavy atom. The van der Waals surface area contributed by atoms with Gasteiger partial charge in [-0.15, -0.1) is 0 Å². The van der Waals surface area contributed by atoms with Crippen LogP contribution in [0.5, 0.6) is 5.75 Å². The van der Waals surface area contributed by atoms with Gasteiger partial charge in [0, 0.05) is 18.2 Å². The Bertz CT molecular complexity index is 757. The molecule has 1 aliphatic rings. The largest absolute Gasteiger partial charge is 0.444 e. The Labute approximate surface area is 169 Å². The van der Waals surface area contributed by atoms with Crippen LogP contribution in [0.2, 0.25) is 0 Å². The maximum Gasteiger partial charge on any atom is 0.407 e. The zero-order valence-corrected chi connectivity index (χ0v) is 17.1. The fraction of sp³-hybridized carbons (Fsp3) is 0.524. The van der Waals surface area contributed by atoms with E-state index in [1.165, 1.54) is 18.2 Å². The van der Waals surface area contributed by atoms with E-state index < -0.39 is 29.8 Å². The molecule has 1 fully saturated rings. The van der Waals surface area contributed by atoms with Crippen LogP contribution in [-0.4, -0.2) is 36.3 Å². The summed E-state index contributed by atoms with van der Waals surface area (Å²) in [5.74, 6) is -0.162. The van der Waals surface area contributed by atoms with Crippen molar-refractivity contribution in [2.75, 3.05) is 6.54 Å². The van der Waals surface area contributed by atoms with Crippen LogP contribution in [0.25, 0.3) is 6.08 Å². The third-order valence-electron chi connectivity index (χ3n) is 4.44. The van der Waals surface area contributed by atoms with Crippen LogP contribution in [0.4, 0.5) is 13.6 Å². The quantitative estimate of drug-likeness (QED) is 0.633. The van der Waals surface area contributed by atoms with Gasteiger partial charge in [0.05, 0.1) is 5.54 Å². The van der Waals surface area contributed by atoms with Crippen molar-refractivity contribution in [2.24, 2.45) is 5.92 Å². The minimum absolute atomic E-state index is 0.0110. The minimum atomic E-state index is -2.95. The zero-order chi connectivity index (χ0) is 21.7. The Morgan fingerprint density at radius 2 is 1.86 bits per heavy atom. The Hall–Kier alpha value is -2.64. The molecule has 8 heteroatoms. The van der Waals surface area contributed by atoms with Crippen molar-refractivity contribution < 1.29 is 27.8 Å². The van der Waals surface area contributed by atoms with Gasteiger partial charge in [-0.2, -0.15) is 8.78 Å². The number of nitrogens with one attached hydrogen (secondary N) is 2. The van der Waals surface area contributed by atoms with E-state index in [0.717, 1.165) is 12.8 Å². The lowest BCUT2D eigenvalue weighted by Gasteiger charge is -2.31. The molecule has 1 aromatic carbocycles. The van der Waals surface area contributed by atoms with Gasteiger partial charge in [0.15, 0.2) is 0 Å². The molecule has 6 nitrogen and oxygen atoms in total. The maximum absolute atomic E-state index is 12.5. The molecule has 0 saturated heterocycles. The summed E-state index contributed by atoms with van der Waals surface area (Å²) in [5.41, 5.74) is -0.889. The lowest BCUT2D eigenvalue weighted by Crippen LogP contribution is -2.55. The first-order valence-corrected chi connectivity index (χ1v) is 9.49. The summed E-state index contributed by atoms with van der Waals surface area (Å²) in [6.45, 7) is 4.45. The zero-order valence-electron chi connectivity index (χ0n) is 17.1. The Morgan fingerprint density at radius 1 is 1.21 bits per heavy atom. The number of alkyl halides is 2. The van der Waals surface area contributed by atoms with Gasteiger partial charge in [0.2, 0.25) is 5.91 Å². The highest BCUT2D eigenvalue weighted by molar-refractivity contribution is 5.92. The second kappa shape index (κ2) is 9.24. The number of carbonyl (C=O) groups excluding carboxylic acids is 2. The number of para-hydroxylation sites is 1. The van der Waals surface area contributed by atoms with Gasteiger partial charge >= 0.3 is 12.7 Å². The molecule has 2 amide bonds. The number of carbonyl (C=O) groups is 2. The van der Waals surface area contributed by atoms with Crippen molar-refractivity contribution in [1.29, 1.82) is 0 Å². The lowest BCUT2D eigenvalue weighted by atomic mass is 9.95. The minimum Gasteiger partial charge on any atom is -0.444 e. The summed E-state index contributed by atoms with van der Waals surface area (Å²) in [4.78, 5) is 24.4. The van der Waals surface area contributed by atoms with Crippen LogP contribution < -0.4 is 15.4 Å². The van der Waals surface area contributed by atoms with E-state index in [1.807, 2.05) is 6.92 Å². The molecular formula is C21H28F2N2O4. The van der Waals surface area contributed by atoms with Gasteiger partial charge in [-0.25, -0.2) is 4.79 Å². The standard InChI is InChI=1S/C21H28F2N2O4/c1-20(2,3)29-19(27)24-13-21(4,15-10-11-15)25-17(26)12-9-14-7-5-6-8-16(14)28-18(22)23/h5-9,12,15,18H,10-11,13H2,1-4H3,(H,24,27)(H,25,26). The first-order chi connectivity index (χ1) is 13.5. The predicted octanol–water partition coefficient (Wildman–Crippen LogP) is 4.11. The molecule has 0 radical (unpaired) electrons. The van der Waals surface area contributed by atoms with E-state index in [0.29, 0.717) is 5.56 Å². The molecule has 0 aliphatic heterocycles. The van der Waals surface area contributed by atoms with Crippen LogP contribution >= 0.6 is 0 Å². The number of hydrogen-bond donors (Lipinski definition) is 2. The summed E-state index contributed by atoms with van der Waals surface area (Å²) in [6.07, 6.45) is 4.03. The molecule has 1 saturated carbocycles. The third-order valence-corrected chi connectivity index (χ3v) is 4.44. The van der Waals surface area contributed by atoms with Gasteiger partial charge in [-0.1, -0.05) is 18.2 Å². The predicted molar refractivity (Wildman–Crippen MR) is 106 cm³/mol. The number of ether oxygens (including phenoxy) is 2. The fourth-order valence-electron chi connectivity index (χ4n) is 2.89. The monoisotopic (exact) mass is 410 g/mol. The highest BCUT2D eigenvalue weighted by atomic mass is 19.3. The molecule has 0 heterocycles. The molecule has 1 unspecified atom stereocenters. The average molecular weight is 410 g/mol. The van der Waals surface area contributed by atoms with Crippen molar-refractivity contribution in [2.45, 2.75) is 58.3 Å². The van der Waals surface area contributed by atoms with Crippen LogP contribution in [-0.2, 0) is 9.53 Å². The molecule has 1 aliphatic carbocycles. The van der Waals surface area contributed by atoms with Gasteiger partial charge in [-0.3, -0.25) is 4.79 Å². The number of rotatable bonds is 8. The highest BCUT2D eigenvalue weighted by Gasteiger charge is 2.42. The van der Waals surface area contributed by atoms with Crippen molar-refractivity contribution in [3.05, 3.63) is 35.9 Å². The number of benzene rings is 1. The second-order valence-corrected chi connectivity index (χ2v) is 8.29. The third kappa shape index (κ3) is 7.71. The molecule has 29 heavy (non-hydrogen) atoms. The smallest absolute Gasteiger partial charge is 0.407 e. The molecule has 2 N–H and O–H groups in total.